The van der Waals surface area contributed by atoms with Crippen LogP contribution in [0.2, 0.25) is 5.02 Å². The smallest absolute Gasteiger partial charge is 0.206 e. The second-order valence-corrected chi connectivity index (χ2v) is 10.7. The lowest BCUT2D eigenvalue weighted by molar-refractivity contribution is 0.160. The molecular weight excluding hydrogens is 382 g/mol. The van der Waals surface area contributed by atoms with Gasteiger partial charge < -0.3 is 0 Å². The van der Waals surface area contributed by atoms with Crippen molar-refractivity contribution in [2.75, 3.05) is 13.1 Å². The van der Waals surface area contributed by atoms with Crippen LogP contribution in [-0.4, -0.2) is 25.8 Å². The first kappa shape index (κ1) is 15.3. The van der Waals surface area contributed by atoms with Gasteiger partial charge in [0.1, 0.15) is 4.21 Å². The Labute approximate surface area is 137 Å². The zero-order chi connectivity index (χ0) is 14.4. The third-order valence-corrected chi connectivity index (χ3v) is 9.49. The minimum Gasteiger partial charge on any atom is -0.206 e. The summed E-state index contributed by atoms with van der Waals surface area (Å²) in [5.74, 6) is 0. The van der Waals surface area contributed by atoms with Gasteiger partial charge in [0.15, 0.2) is 0 Å². The number of hydrogen-bond donors (Lipinski definition) is 0. The molecular formula is C13H17BrClNO2S2. The molecule has 2 aliphatic rings. The van der Waals surface area contributed by atoms with E-state index in [1.807, 2.05) is 0 Å². The number of halogens is 2. The highest BCUT2D eigenvalue weighted by Gasteiger charge is 2.40. The monoisotopic (exact) mass is 397 g/mol. The predicted molar refractivity (Wildman–Crippen MR) is 85.9 cm³/mol. The Morgan fingerprint density at radius 2 is 1.80 bits per heavy atom. The van der Waals surface area contributed by atoms with Gasteiger partial charge in [0.05, 0.1) is 8.81 Å². The van der Waals surface area contributed by atoms with Crippen LogP contribution in [0.4, 0.5) is 0 Å². The molecule has 0 bridgehead atoms. The maximum atomic E-state index is 12.6. The average molecular weight is 399 g/mol. The van der Waals surface area contributed by atoms with Crippen molar-refractivity contribution < 1.29 is 8.42 Å². The molecule has 0 radical (unpaired) electrons. The van der Waals surface area contributed by atoms with Crippen molar-refractivity contribution in [3.8, 4) is 0 Å². The summed E-state index contributed by atoms with van der Waals surface area (Å²) in [6.45, 7) is 1.30. The Balaban J connectivity index is 1.76. The lowest BCUT2D eigenvalue weighted by atomic mass is 9.78. The van der Waals surface area contributed by atoms with E-state index >= 15 is 0 Å². The topological polar surface area (TPSA) is 37.4 Å². The Morgan fingerprint density at radius 1 is 1.20 bits per heavy atom. The molecule has 1 aromatic heterocycles. The van der Waals surface area contributed by atoms with E-state index < -0.39 is 10.0 Å². The van der Waals surface area contributed by atoms with E-state index in [4.69, 9.17) is 11.6 Å². The number of nitrogens with zero attached hydrogens (tertiary/aromatic N) is 1. The van der Waals surface area contributed by atoms with E-state index in [-0.39, 0.29) is 0 Å². The molecule has 0 atom stereocenters. The molecule has 0 aromatic carbocycles. The Hall–Kier alpha value is 0.380. The van der Waals surface area contributed by atoms with Crippen molar-refractivity contribution >= 4 is 48.9 Å². The minimum absolute atomic E-state index is 0.344. The van der Waals surface area contributed by atoms with Crippen molar-refractivity contribution in [3.05, 3.63) is 14.9 Å². The van der Waals surface area contributed by atoms with Gasteiger partial charge in [-0.2, -0.15) is 4.31 Å². The van der Waals surface area contributed by atoms with E-state index in [9.17, 15) is 8.42 Å². The van der Waals surface area contributed by atoms with Crippen LogP contribution in [0.5, 0.6) is 0 Å². The quantitative estimate of drug-likeness (QED) is 0.735. The van der Waals surface area contributed by atoms with Gasteiger partial charge >= 0.3 is 0 Å². The first-order chi connectivity index (χ1) is 9.43. The van der Waals surface area contributed by atoms with Crippen LogP contribution in [0, 0.1) is 5.41 Å². The van der Waals surface area contributed by atoms with Gasteiger partial charge in [-0.05, 0) is 53.1 Å². The number of hydrogen-bond acceptors (Lipinski definition) is 3. The highest BCUT2D eigenvalue weighted by Crippen LogP contribution is 2.47. The van der Waals surface area contributed by atoms with Crippen molar-refractivity contribution in [3.63, 3.8) is 0 Å². The van der Waals surface area contributed by atoms with E-state index in [0.29, 0.717) is 31.5 Å². The molecule has 112 valence electrons. The van der Waals surface area contributed by atoms with Crippen LogP contribution in [0.25, 0.3) is 0 Å². The van der Waals surface area contributed by atoms with Crippen LogP contribution in [-0.2, 0) is 10.0 Å². The Kier molecular flexibility index (Phi) is 4.23. The third kappa shape index (κ3) is 2.70. The van der Waals surface area contributed by atoms with Gasteiger partial charge in [0.25, 0.3) is 10.0 Å². The Morgan fingerprint density at radius 3 is 2.30 bits per heavy atom. The maximum absolute atomic E-state index is 12.6. The number of thiophene rings is 1. The summed E-state index contributed by atoms with van der Waals surface area (Å²) in [4.78, 5) is 0. The zero-order valence-electron chi connectivity index (χ0n) is 11.1. The first-order valence-corrected chi connectivity index (χ1v) is 10.3. The van der Waals surface area contributed by atoms with Gasteiger partial charge in [-0.15, -0.1) is 11.3 Å². The summed E-state index contributed by atoms with van der Waals surface area (Å²) in [6.07, 6.45) is 7.17. The van der Waals surface area contributed by atoms with E-state index in [1.54, 1.807) is 10.4 Å². The van der Waals surface area contributed by atoms with Crippen molar-refractivity contribution in [1.29, 1.82) is 0 Å². The molecule has 3 rings (SSSR count). The summed E-state index contributed by atoms with van der Waals surface area (Å²) in [7, 11) is -3.37. The Bertz CT molecular complexity index is 578. The van der Waals surface area contributed by atoms with E-state index in [2.05, 4.69) is 15.9 Å². The molecule has 1 aliphatic carbocycles. The van der Waals surface area contributed by atoms with Crippen molar-refractivity contribution in [1.82, 2.24) is 4.31 Å². The fourth-order valence-electron chi connectivity index (χ4n) is 3.41. The first-order valence-electron chi connectivity index (χ1n) is 6.88. The van der Waals surface area contributed by atoms with Crippen LogP contribution in [0.1, 0.15) is 38.5 Å². The van der Waals surface area contributed by atoms with Crippen LogP contribution < -0.4 is 0 Å². The summed E-state index contributed by atoms with van der Waals surface area (Å²) < 4.78 is 27.9. The summed E-state index contributed by atoms with van der Waals surface area (Å²) in [5, 5.41) is 0.470. The fourth-order valence-corrected chi connectivity index (χ4v) is 7.40. The molecule has 2 fully saturated rings. The summed E-state index contributed by atoms with van der Waals surface area (Å²) in [5.41, 5.74) is 0.430. The molecule has 1 saturated heterocycles. The van der Waals surface area contributed by atoms with Gasteiger partial charge in [0, 0.05) is 13.1 Å². The molecule has 3 nitrogen and oxygen atoms in total. The maximum Gasteiger partial charge on any atom is 0.252 e. The van der Waals surface area contributed by atoms with E-state index in [1.165, 1.54) is 37.0 Å². The summed E-state index contributed by atoms with van der Waals surface area (Å²) in [6, 6.07) is 1.55. The van der Waals surface area contributed by atoms with Gasteiger partial charge in [-0.3, -0.25) is 0 Å². The van der Waals surface area contributed by atoms with Crippen LogP contribution >= 0.6 is 38.9 Å². The molecule has 7 heteroatoms. The molecule has 0 N–H and O–H groups in total. The molecule has 0 unspecified atom stereocenters. The largest absolute Gasteiger partial charge is 0.252 e. The molecule has 1 aromatic rings. The summed E-state index contributed by atoms with van der Waals surface area (Å²) >= 11 is 10.4. The van der Waals surface area contributed by atoms with Gasteiger partial charge in [0.2, 0.25) is 0 Å². The zero-order valence-corrected chi connectivity index (χ0v) is 15.0. The molecule has 1 aliphatic heterocycles. The molecule has 1 saturated carbocycles. The molecule has 1 spiro atoms. The van der Waals surface area contributed by atoms with Crippen LogP contribution in [0.3, 0.4) is 0 Å². The predicted octanol–water partition coefficient (Wildman–Crippen LogP) is 4.51. The standard InChI is InChI=1S/C13H17BrClNO2S2/c14-12-10(15)9-11(19-12)20(17,18)16-7-5-13(6-8-16)3-1-2-4-13/h9H,1-8H2. The lowest BCUT2D eigenvalue weighted by Crippen LogP contribution is -2.41. The van der Waals surface area contributed by atoms with Gasteiger partial charge in [-0.1, -0.05) is 24.4 Å². The number of sulfonamides is 1. The highest BCUT2D eigenvalue weighted by molar-refractivity contribution is 9.11. The molecule has 0 amide bonds. The molecule has 2 heterocycles. The van der Waals surface area contributed by atoms with Gasteiger partial charge in [-0.25, -0.2) is 8.42 Å². The fraction of sp³-hybridized carbons (Fsp3) is 0.692. The minimum atomic E-state index is -3.37. The van der Waals surface area contributed by atoms with Crippen molar-refractivity contribution in [2.45, 2.75) is 42.7 Å². The van der Waals surface area contributed by atoms with Crippen molar-refractivity contribution in [2.24, 2.45) is 5.41 Å². The number of piperidine rings is 1. The average Bonchev–Trinajstić information content (AvgIpc) is 2.99. The van der Waals surface area contributed by atoms with Crippen LogP contribution in [0.15, 0.2) is 14.1 Å². The number of rotatable bonds is 2. The normalized spacial score (nSPS) is 23.5. The second-order valence-electron chi connectivity index (χ2n) is 5.80. The van der Waals surface area contributed by atoms with E-state index in [0.717, 1.165) is 12.8 Å². The molecule has 20 heavy (non-hydrogen) atoms. The SMILES string of the molecule is O=S(=O)(c1cc(Cl)c(Br)s1)N1CCC2(CCCC2)CC1. The lowest BCUT2D eigenvalue weighted by Gasteiger charge is -2.38. The second kappa shape index (κ2) is 5.54. The third-order valence-electron chi connectivity index (χ3n) is 4.66. The highest BCUT2D eigenvalue weighted by atomic mass is 79.9.